The number of hydrogen-bond acceptors (Lipinski definition) is 5. The number of halogens is 1. The molecule has 3 aromatic rings. The van der Waals surface area contributed by atoms with E-state index in [1.54, 1.807) is 18.5 Å². The largest absolute Gasteiger partial charge is 0.507 e. The van der Waals surface area contributed by atoms with Crippen molar-refractivity contribution in [3.63, 3.8) is 0 Å². The van der Waals surface area contributed by atoms with Gasteiger partial charge in [-0.25, -0.2) is 9.18 Å². The summed E-state index contributed by atoms with van der Waals surface area (Å²) in [6.07, 6.45) is 0. The van der Waals surface area contributed by atoms with Crippen LogP contribution in [0.3, 0.4) is 0 Å². The Hall–Kier alpha value is -3.53. The van der Waals surface area contributed by atoms with Gasteiger partial charge in [-0.2, -0.15) is 5.26 Å². The van der Waals surface area contributed by atoms with Crippen molar-refractivity contribution in [1.82, 2.24) is 4.57 Å². The van der Waals surface area contributed by atoms with Crippen LogP contribution in [-0.2, 0) is 18.4 Å². The second-order valence-corrected chi connectivity index (χ2v) is 5.84. The van der Waals surface area contributed by atoms with Crippen LogP contribution < -0.4 is 4.74 Å². The first-order valence-electron chi connectivity index (χ1n) is 8.26. The molecule has 0 aliphatic carbocycles. The Morgan fingerprint density at radius 2 is 2.00 bits per heavy atom. The Morgan fingerprint density at radius 1 is 1.30 bits per heavy atom. The molecule has 0 radical (unpaired) electrons. The number of fused-ring (bicyclic) bond motifs is 1. The minimum Gasteiger partial charge on any atom is -0.507 e. The molecule has 0 saturated carbocycles. The summed E-state index contributed by atoms with van der Waals surface area (Å²) in [6.45, 7) is 1.91. The third-order valence-corrected chi connectivity index (χ3v) is 4.23. The molecule has 0 aliphatic heterocycles. The van der Waals surface area contributed by atoms with Crippen LogP contribution in [-0.4, -0.2) is 22.2 Å². The number of rotatable bonds is 5. The van der Waals surface area contributed by atoms with Crippen molar-refractivity contribution >= 4 is 16.9 Å². The summed E-state index contributed by atoms with van der Waals surface area (Å²) in [5, 5.41) is 19.6. The quantitative estimate of drug-likeness (QED) is 0.695. The molecule has 1 N–H and O–H groups in total. The van der Waals surface area contributed by atoms with Crippen molar-refractivity contribution in [2.45, 2.75) is 13.5 Å². The SMILES string of the molecule is CCOC(=O)c1c(COc2ccc(F)cc2)n(C)c2cc(C#N)c(O)cc12. The lowest BCUT2D eigenvalue weighted by Crippen LogP contribution is -2.11. The third-order valence-electron chi connectivity index (χ3n) is 4.23. The van der Waals surface area contributed by atoms with E-state index in [1.165, 1.54) is 36.4 Å². The number of hydrogen-bond donors (Lipinski definition) is 1. The van der Waals surface area contributed by atoms with Gasteiger partial charge in [0.25, 0.3) is 0 Å². The van der Waals surface area contributed by atoms with Crippen LogP contribution in [0, 0.1) is 17.1 Å². The molecule has 1 aromatic heterocycles. The highest BCUT2D eigenvalue weighted by molar-refractivity contribution is 6.06. The molecular weight excluding hydrogens is 351 g/mol. The van der Waals surface area contributed by atoms with Crippen molar-refractivity contribution in [2.75, 3.05) is 6.61 Å². The molecule has 0 aliphatic rings. The van der Waals surface area contributed by atoms with Gasteiger partial charge in [-0.05, 0) is 43.3 Å². The van der Waals surface area contributed by atoms with E-state index >= 15 is 0 Å². The number of phenols is 1. The molecule has 0 unspecified atom stereocenters. The normalized spacial score (nSPS) is 10.6. The third kappa shape index (κ3) is 3.42. The molecule has 0 spiro atoms. The standard InChI is InChI=1S/C20H17FN2O4/c1-3-26-20(25)19-15-9-18(24)12(10-22)8-16(15)23(2)17(19)11-27-14-6-4-13(21)5-7-14/h4-9,24H,3,11H2,1-2H3. The number of phenolic OH excluding ortho intramolecular Hbond substituents is 1. The maximum atomic E-state index is 13.0. The number of aromatic nitrogens is 1. The zero-order valence-corrected chi connectivity index (χ0v) is 14.8. The van der Waals surface area contributed by atoms with Gasteiger partial charge in [0.05, 0.1) is 28.9 Å². The van der Waals surface area contributed by atoms with Gasteiger partial charge < -0.3 is 19.1 Å². The Bertz CT molecular complexity index is 1050. The van der Waals surface area contributed by atoms with E-state index in [9.17, 15) is 14.3 Å². The molecule has 0 fully saturated rings. The van der Waals surface area contributed by atoms with Gasteiger partial charge in [-0.3, -0.25) is 0 Å². The zero-order chi connectivity index (χ0) is 19.6. The number of nitrogens with zero attached hydrogens (tertiary/aromatic N) is 2. The first-order valence-corrected chi connectivity index (χ1v) is 8.26. The van der Waals surface area contributed by atoms with Crippen LogP contribution in [0.25, 0.3) is 10.9 Å². The number of aryl methyl sites for hydroxylation is 1. The van der Waals surface area contributed by atoms with Crippen LogP contribution in [0.4, 0.5) is 4.39 Å². The maximum absolute atomic E-state index is 13.0. The molecule has 1 heterocycles. The highest BCUT2D eigenvalue weighted by Gasteiger charge is 2.24. The Labute approximate surface area is 155 Å². The molecule has 138 valence electrons. The molecule has 3 rings (SSSR count). The molecule has 2 aromatic carbocycles. The fraction of sp³-hybridized carbons (Fsp3) is 0.200. The van der Waals surface area contributed by atoms with E-state index in [0.717, 1.165) is 0 Å². The van der Waals surface area contributed by atoms with Gasteiger partial charge >= 0.3 is 5.97 Å². The van der Waals surface area contributed by atoms with Crippen molar-refractivity contribution in [3.05, 3.63) is 59.0 Å². The van der Waals surface area contributed by atoms with Gasteiger partial charge in [-0.15, -0.1) is 0 Å². The first kappa shape index (κ1) is 18.3. The Kier molecular flexibility index (Phi) is 4.99. The lowest BCUT2D eigenvalue weighted by Gasteiger charge is -2.10. The minimum atomic E-state index is -0.551. The second kappa shape index (κ2) is 7.38. The van der Waals surface area contributed by atoms with Crippen LogP contribution in [0.15, 0.2) is 36.4 Å². The summed E-state index contributed by atoms with van der Waals surface area (Å²) in [5.41, 5.74) is 1.47. The highest BCUT2D eigenvalue weighted by atomic mass is 19.1. The second-order valence-electron chi connectivity index (χ2n) is 5.84. The molecular formula is C20H17FN2O4. The number of esters is 1. The van der Waals surface area contributed by atoms with E-state index in [-0.39, 0.29) is 35.9 Å². The summed E-state index contributed by atoms with van der Waals surface area (Å²) < 4.78 is 25.6. The fourth-order valence-corrected chi connectivity index (χ4v) is 2.90. The smallest absolute Gasteiger partial charge is 0.340 e. The summed E-state index contributed by atoms with van der Waals surface area (Å²) >= 11 is 0. The van der Waals surface area contributed by atoms with E-state index < -0.39 is 5.97 Å². The number of aromatic hydroxyl groups is 1. The number of nitriles is 1. The topological polar surface area (TPSA) is 84.5 Å². The van der Waals surface area contributed by atoms with Gasteiger partial charge in [0, 0.05) is 12.4 Å². The molecule has 27 heavy (non-hydrogen) atoms. The van der Waals surface area contributed by atoms with Crippen molar-refractivity contribution in [3.8, 4) is 17.6 Å². The predicted octanol–water partition coefficient (Wildman–Crippen LogP) is 3.65. The lowest BCUT2D eigenvalue weighted by molar-refractivity contribution is 0.0525. The number of carbonyl (C=O) groups is 1. The van der Waals surface area contributed by atoms with E-state index in [1.807, 2.05) is 6.07 Å². The summed E-state index contributed by atoms with van der Waals surface area (Å²) in [5.74, 6) is -0.701. The highest BCUT2D eigenvalue weighted by Crippen LogP contribution is 2.32. The maximum Gasteiger partial charge on any atom is 0.340 e. The van der Waals surface area contributed by atoms with Crippen LogP contribution >= 0.6 is 0 Å². The zero-order valence-electron chi connectivity index (χ0n) is 14.8. The Balaban J connectivity index is 2.10. The van der Waals surface area contributed by atoms with Crippen molar-refractivity contribution in [2.24, 2.45) is 7.05 Å². The molecule has 0 atom stereocenters. The Morgan fingerprint density at radius 3 is 2.63 bits per heavy atom. The van der Waals surface area contributed by atoms with Crippen LogP contribution in [0.5, 0.6) is 11.5 Å². The van der Waals surface area contributed by atoms with Gasteiger partial charge in [0.2, 0.25) is 0 Å². The predicted molar refractivity (Wildman–Crippen MR) is 96.0 cm³/mol. The van der Waals surface area contributed by atoms with E-state index in [2.05, 4.69) is 0 Å². The molecule has 0 amide bonds. The number of benzene rings is 2. The van der Waals surface area contributed by atoms with E-state index in [0.29, 0.717) is 22.3 Å². The van der Waals surface area contributed by atoms with E-state index in [4.69, 9.17) is 14.7 Å². The number of ether oxygens (including phenoxy) is 2. The molecule has 0 bridgehead atoms. The van der Waals surface area contributed by atoms with Gasteiger partial charge in [0.15, 0.2) is 0 Å². The number of carbonyl (C=O) groups excluding carboxylic acids is 1. The van der Waals surface area contributed by atoms with Crippen molar-refractivity contribution in [1.29, 1.82) is 5.26 Å². The van der Waals surface area contributed by atoms with Gasteiger partial charge in [-0.1, -0.05) is 0 Å². The summed E-state index contributed by atoms with van der Waals surface area (Å²) in [7, 11) is 1.73. The van der Waals surface area contributed by atoms with Crippen LogP contribution in [0.2, 0.25) is 0 Å². The molecule has 7 heteroatoms. The van der Waals surface area contributed by atoms with Crippen LogP contribution in [0.1, 0.15) is 28.5 Å². The minimum absolute atomic E-state index is 0.0214. The fourth-order valence-electron chi connectivity index (χ4n) is 2.90. The molecule has 0 saturated heterocycles. The average Bonchev–Trinajstić information content (AvgIpc) is 2.92. The van der Waals surface area contributed by atoms with Crippen molar-refractivity contribution < 1.29 is 23.8 Å². The van der Waals surface area contributed by atoms with Gasteiger partial charge in [0.1, 0.15) is 30.0 Å². The summed E-state index contributed by atoms with van der Waals surface area (Å²) in [4.78, 5) is 12.5. The monoisotopic (exact) mass is 368 g/mol. The first-order chi connectivity index (χ1) is 13.0. The lowest BCUT2D eigenvalue weighted by atomic mass is 10.1. The average molecular weight is 368 g/mol. The molecule has 6 nitrogen and oxygen atoms in total. The summed E-state index contributed by atoms with van der Waals surface area (Å²) in [6, 6.07) is 10.3.